The van der Waals surface area contributed by atoms with Crippen LogP contribution in [0.25, 0.3) is 0 Å². The Morgan fingerprint density at radius 2 is 1.73 bits per heavy atom. The summed E-state index contributed by atoms with van der Waals surface area (Å²) in [6, 6.07) is 16.0. The number of likely N-dealkylation sites (tertiary alicyclic amines) is 1. The maximum absolute atomic E-state index is 13.5. The summed E-state index contributed by atoms with van der Waals surface area (Å²) in [6.45, 7) is 2.90. The molecule has 5 rings (SSSR count). The number of rotatable bonds is 1. The minimum Gasteiger partial charge on any atom is -0.457 e. The first-order valence-electron chi connectivity index (χ1n) is 11.7. The van der Waals surface area contributed by atoms with Crippen LogP contribution in [-0.4, -0.2) is 62.3 Å². The van der Waals surface area contributed by atoms with Gasteiger partial charge in [0.25, 0.3) is 5.91 Å². The third-order valence-corrected chi connectivity index (χ3v) is 6.88. The van der Waals surface area contributed by atoms with Crippen LogP contribution in [0.15, 0.2) is 48.5 Å². The molecule has 0 aliphatic carbocycles. The minimum absolute atomic E-state index is 0.0377. The molecular weight excluding hydrogens is 420 g/mol. The van der Waals surface area contributed by atoms with Crippen LogP contribution in [0.5, 0.6) is 11.5 Å². The standard InChI is InChI=1S/C26H30N2O5/c29-24(23-18-31-13-14-32-23)28-11-8-26(9-12-28)17-20-4-2-6-22(16-20)33-21-5-1-3-19(15-21)7-10-27-25(26)30/h1-6,15-16,23H,7-14,17-18H2,(H,27,30). The topological polar surface area (TPSA) is 77.1 Å². The van der Waals surface area contributed by atoms with Crippen molar-refractivity contribution in [1.29, 1.82) is 0 Å². The number of carbonyl (C=O) groups excluding carboxylic acids is 2. The summed E-state index contributed by atoms with van der Waals surface area (Å²) >= 11 is 0. The van der Waals surface area contributed by atoms with Gasteiger partial charge in [-0.2, -0.15) is 0 Å². The Morgan fingerprint density at radius 3 is 2.45 bits per heavy atom. The molecule has 1 spiro atoms. The molecule has 1 unspecified atom stereocenters. The van der Waals surface area contributed by atoms with E-state index < -0.39 is 11.5 Å². The van der Waals surface area contributed by atoms with Gasteiger partial charge in [-0.1, -0.05) is 24.3 Å². The molecule has 3 aliphatic heterocycles. The fourth-order valence-corrected chi connectivity index (χ4v) is 4.99. The zero-order valence-electron chi connectivity index (χ0n) is 18.8. The summed E-state index contributed by atoms with van der Waals surface area (Å²) in [5, 5.41) is 3.18. The quantitative estimate of drug-likeness (QED) is 0.723. The highest BCUT2D eigenvalue weighted by Gasteiger charge is 2.43. The Balaban J connectivity index is 1.36. The van der Waals surface area contributed by atoms with Crippen molar-refractivity contribution >= 4 is 11.8 Å². The largest absolute Gasteiger partial charge is 0.457 e. The SMILES string of the molecule is O=C(C1COCCO1)N1CCC2(CC1)Cc1cccc(c1)Oc1cccc(c1)CCNC2=O. The van der Waals surface area contributed by atoms with Crippen LogP contribution in [0, 0.1) is 5.41 Å². The van der Waals surface area contributed by atoms with Gasteiger partial charge in [0.1, 0.15) is 11.5 Å². The highest BCUT2D eigenvalue weighted by molar-refractivity contribution is 5.85. The molecule has 2 aromatic rings. The van der Waals surface area contributed by atoms with Gasteiger partial charge in [-0.25, -0.2) is 0 Å². The lowest BCUT2D eigenvalue weighted by molar-refractivity contribution is -0.161. The number of nitrogens with zero attached hydrogens (tertiary/aromatic N) is 1. The average molecular weight is 451 g/mol. The van der Waals surface area contributed by atoms with E-state index >= 15 is 0 Å². The van der Waals surface area contributed by atoms with E-state index in [4.69, 9.17) is 14.2 Å². The Kier molecular flexibility index (Phi) is 6.33. The van der Waals surface area contributed by atoms with Gasteiger partial charge in [-0.05, 0) is 61.1 Å². The smallest absolute Gasteiger partial charge is 0.254 e. The first kappa shape index (κ1) is 21.9. The summed E-state index contributed by atoms with van der Waals surface area (Å²) in [6.07, 6.45) is 2.03. The third kappa shape index (κ3) is 4.89. The zero-order chi connectivity index (χ0) is 22.7. The lowest BCUT2D eigenvalue weighted by atomic mass is 9.72. The van der Waals surface area contributed by atoms with E-state index in [1.807, 2.05) is 53.4 Å². The number of ether oxygens (including phenoxy) is 3. The monoisotopic (exact) mass is 450 g/mol. The van der Waals surface area contributed by atoms with Crippen molar-refractivity contribution in [2.24, 2.45) is 5.41 Å². The Bertz CT molecular complexity index is 1010. The summed E-state index contributed by atoms with van der Waals surface area (Å²) < 4.78 is 17.1. The van der Waals surface area contributed by atoms with Gasteiger partial charge >= 0.3 is 0 Å². The maximum Gasteiger partial charge on any atom is 0.254 e. The zero-order valence-corrected chi connectivity index (χ0v) is 18.8. The van der Waals surface area contributed by atoms with Gasteiger partial charge in [-0.15, -0.1) is 0 Å². The Morgan fingerprint density at radius 1 is 1.00 bits per heavy atom. The average Bonchev–Trinajstić information content (AvgIpc) is 2.85. The van der Waals surface area contributed by atoms with E-state index in [1.165, 1.54) is 0 Å². The molecule has 2 saturated heterocycles. The molecule has 1 atom stereocenters. The van der Waals surface area contributed by atoms with Gasteiger partial charge < -0.3 is 24.4 Å². The molecule has 3 heterocycles. The van der Waals surface area contributed by atoms with Crippen molar-refractivity contribution in [3.8, 4) is 11.5 Å². The molecule has 4 bridgehead atoms. The van der Waals surface area contributed by atoms with Crippen LogP contribution in [0.2, 0.25) is 0 Å². The molecule has 3 aliphatic rings. The van der Waals surface area contributed by atoms with Crippen molar-refractivity contribution in [2.45, 2.75) is 31.8 Å². The van der Waals surface area contributed by atoms with E-state index in [0.29, 0.717) is 58.7 Å². The molecule has 174 valence electrons. The molecule has 7 nitrogen and oxygen atoms in total. The lowest BCUT2D eigenvalue weighted by Crippen LogP contribution is -2.54. The van der Waals surface area contributed by atoms with Gasteiger partial charge in [0.15, 0.2) is 6.10 Å². The van der Waals surface area contributed by atoms with E-state index in [2.05, 4.69) is 5.32 Å². The molecule has 2 aromatic carbocycles. The summed E-state index contributed by atoms with van der Waals surface area (Å²) in [7, 11) is 0. The van der Waals surface area contributed by atoms with Gasteiger partial charge in [-0.3, -0.25) is 9.59 Å². The molecule has 7 heteroatoms. The first-order valence-corrected chi connectivity index (χ1v) is 11.7. The summed E-state index contributed by atoms with van der Waals surface area (Å²) in [5.41, 5.74) is 1.61. The van der Waals surface area contributed by atoms with Crippen molar-refractivity contribution in [2.75, 3.05) is 39.5 Å². The predicted molar refractivity (Wildman–Crippen MR) is 122 cm³/mol. The van der Waals surface area contributed by atoms with Gasteiger partial charge in [0, 0.05) is 19.6 Å². The van der Waals surface area contributed by atoms with E-state index in [1.54, 1.807) is 0 Å². The highest BCUT2D eigenvalue weighted by Crippen LogP contribution is 2.37. The number of hydrogen-bond acceptors (Lipinski definition) is 5. The number of benzene rings is 2. The fraction of sp³-hybridized carbons (Fsp3) is 0.462. The number of fused-ring (bicyclic) bond motifs is 4. The normalized spacial score (nSPS) is 22.8. The second kappa shape index (κ2) is 9.53. The molecule has 0 aromatic heterocycles. The molecule has 1 N–H and O–H groups in total. The third-order valence-electron chi connectivity index (χ3n) is 6.88. The molecule has 33 heavy (non-hydrogen) atoms. The van der Waals surface area contributed by atoms with Crippen LogP contribution in [0.1, 0.15) is 24.0 Å². The van der Waals surface area contributed by atoms with E-state index in [9.17, 15) is 9.59 Å². The molecule has 2 amide bonds. The second-order valence-corrected chi connectivity index (χ2v) is 9.12. The predicted octanol–water partition coefficient (Wildman–Crippen LogP) is 2.72. The Hall–Kier alpha value is -2.90. The maximum atomic E-state index is 13.5. The number of hydrogen-bond donors (Lipinski definition) is 1. The van der Waals surface area contributed by atoms with Crippen LogP contribution in [0.3, 0.4) is 0 Å². The summed E-state index contributed by atoms with van der Waals surface area (Å²) in [4.78, 5) is 28.2. The van der Waals surface area contributed by atoms with Crippen molar-refractivity contribution < 1.29 is 23.8 Å². The highest BCUT2D eigenvalue weighted by atomic mass is 16.6. The van der Waals surface area contributed by atoms with Crippen molar-refractivity contribution in [3.63, 3.8) is 0 Å². The van der Waals surface area contributed by atoms with Gasteiger partial charge in [0.2, 0.25) is 5.91 Å². The van der Waals surface area contributed by atoms with Crippen LogP contribution in [0.4, 0.5) is 0 Å². The number of amides is 2. The second-order valence-electron chi connectivity index (χ2n) is 9.12. The first-order chi connectivity index (χ1) is 16.1. The lowest BCUT2D eigenvalue weighted by Gasteiger charge is -2.42. The van der Waals surface area contributed by atoms with E-state index in [0.717, 1.165) is 29.0 Å². The molecular formula is C26H30N2O5. The van der Waals surface area contributed by atoms with Crippen LogP contribution in [-0.2, 0) is 31.9 Å². The van der Waals surface area contributed by atoms with Gasteiger partial charge in [0.05, 0.1) is 25.2 Å². The fourth-order valence-electron chi connectivity index (χ4n) is 4.99. The van der Waals surface area contributed by atoms with Crippen molar-refractivity contribution in [3.05, 3.63) is 59.7 Å². The summed E-state index contributed by atoms with van der Waals surface area (Å²) in [5.74, 6) is 1.59. The molecule has 0 saturated carbocycles. The number of carbonyl (C=O) groups is 2. The molecule has 2 fully saturated rings. The number of nitrogens with one attached hydrogen (secondary N) is 1. The van der Waals surface area contributed by atoms with Crippen LogP contribution >= 0.6 is 0 Å². The van der Waals surface area contributed by atoms with E-state index in [-0.39, 0.29) is 11.8 Å². The molecule has 0 radical (unpaired) electrons. The van der Waals surface area contributed by atoms with Crippen molar-refractivity contribution in [1.82, 2.24) is 10.2 Å². The minimum atomic E-state index is -0.564. The van der Waals surface area contributed by atoms with Crippen LogP contribution < -0.4 is 10.1 Å². The Labute approximate surface area is 194 Å². The number of piperidine rings is 1.